The smallest absolute Gasteiger partial charge is 0.338 e. The standard InChI is InChI=1S/C27H32O2Si/c1-30(2,26-18-10-5-11-19-26)22-12-17-25(21-20-23-13-6-3-7-14-23)29-27(28)24-15-8-4-9-16-24/h3-11,13-16,18-19,25H,12,17,20-22H2,1-2H3. The molecule has 0 fully saturated rings. The van der Waals surface area contributed by atoms with Gasteiger partial charge in [-0.05, 0) is 37.0 Å². The molecule has 0 amide bonds. The molecule has 156 valence electrons. The van der Waals surface area contributed by atoms with E-state index in [1.807, 2.05) is 36.4 Å². The van der Waals surface area contributed by atoms with Gasteiger partial charge in [0.05, 0.1) is 13.6 Å². The quantitative estimate of drug-likeness (QED) is 0.289. The van der Waals surface area contributed by atoms with Crippen molar-refractivity contribution in [1.82, 2.24) is 0 Å². The van der Waals surface area contributed by atoms with E-state index in [0.717, 1.165) is 25.7 Å². The molecule has 0 saturated carbocycles. The highest BCUT2D eigenvalue weighted by Crippen LogP contribution is 2.20. The molecule has 0 aliphatic heterocycles. The summed E-state index contributed by atoms with van der Waals surface area (Å²) in [6.45, 7) is 4.86. The summed E-state index contributed by atoms with van der Waals surface area (Å²) in [4.78, 5) is 12.6. The Bertz CT molecular complexity index is 892. The molecule has 0 aromatic heterocycles. The van der Waals surface area contributed by atoms with Gasteiger partial charge in [-0.3, -0.25) is 0 Å². The molecule has 2 nitrogen and oxygen atoms in total. The van der Waals surface area contributed by atoms with Crippen LogP contribution in [0.2, 0.25) is 19.1 Å². The second-order valence-electron chi connectivity index (χ2n) is 8.56. The summed E-state index contributed by atoms with van der Waals surface area (Å²) in [6.07, 6.45) is 3.71. The third-order valence-corrected chi connectivity index (χ3v) is 9.26. The van der Waals surface area contributed by atoms with Gasteiger partial charge in [-0.2, -0.15) is 0 Å². The van der Waals surface area contributed by atoms with Crippen LogP contribution < -0.4 is 5.19 Å². The topological polar surface area (TPSA) is 26.3 Å². The zero-order chi connectivity index (χ0) is 21.2. The van der Waals surface area contributed by atoms with Crippen molar-refractivity contribution < 1.29 is 9.53 Å². The van der Waals surface area contributed by atoms with Crippen molar-refractivity contribution in [2.45, 2.75) is 50.9 Å². The highest BCUT2D eigenvalue weighted by molar-refractivity contribution is 6.89. The fourth-order valence-electron chi connectivity index (χ4n) is 3.83. The molecular formula is C27H32O2Si. The van der Waals surface area contributed by atoms with E-state index in [2.05, 4.69) is 67.7 Å². The largest absolute Gasteiger partial charge is 0.459 e. The van der Waals surface area contributed by atoms with Crippen LogP contribution in [0.1, 0.15) is 35.2 Å². The number of carbonyl (C=O) groups is 1. The van der Waals surface area contributed by atoms with Crippen LogP contribution in [0.5, 0.6) is 0 Å². The van der Waals surface area contributed by atoms with E-state index in [-0.39, 0.29) is 12.1 Å². The summed E-state index contributed by atoms with van der Waals surface area (Å²) >= 11 is 0. The number of hydrogen-bond acceptors (Lipinski definition) is 2. The number of hydrogen-bond donors (Lipinski definition) is 0. The number of aryl methyl sites for hydroxylation is 1. The predicted molar refractivity (Wildman–Crippen MR) is 128 cm³/mol. The maximum atomic E-state index is 12.6. The first kappa shape index (κ1) is 22.0. The van der Waals surface area contributed by atoms with Crippen LogP contribution in [0.15, 0.2) is 91.0 Å². The molecule has 0 N–H and O–H groups in total. The van der Waals surface area contributed by atoms with E-state index >= 15 is 0 Å². The highest BCUT2D eigenvalue weighted by atomic mass is 28.3. The zero-order valence-corrected chi connectivity index (χ0v) is 19.1. The van der Waals surface area contributed by atoms with Crippen molar-refractivity contribution in [2.24, 2.45) is 0 Å². The van der Waals surface area contributed by atoms with Crippen LogP contribution in [-0.4, -0.2) is 20.1 Å². The van der Waals surface area contributed by atoms with E-state index in [1.165, 1.54) is 16.8 Å². The number of benzene rings is 3. The van der Waals surface area contributed by atoms with Gasteiger partial charge < -0.3 is 4.74 Å². The van der Waals surface area contributed by atoms with E-state index in [4.69, 9.17) is 4.74 Å². The third kappa shape index (κ3) is 6.70. The van der Waals surface area contributed by atoms with Crippen molar-refractivity contribution >= 4 is 19.2 Å². The average Bonchev–Trinajstić information content (AvgIpc) is 2.79. The highest BCUT2D eigenvalue weighted by Gasteiger charge is 2.24. The van der Waals surface area contributed by atoms with Gasteiger partial charge in [-0.25, -0.2) is 4.79 Å². The van der Waals surface area contributed by atoms with Crippen LogP contribution in [0.3, 0.4) is 0 Å². The summed E-state index contributed by atoms with van der Waals surface area (Å²) in [5.74, 6) is -0.215. The molecular weight excluding hydrogens is 384 g/mol. The van der Waals surface area contributed by atoms with Gasteiger partial charge in [0.25, 0.3) is 0 Å². The Balaban J connectivity index is 1.60. The van der Waals surface area contributed by atoms with E-state index in [0.29, 0.717) is 5.56 Å². The summed E-state index contributed by atoms with van der Waals surface area (Å²) in [5, 5.41) is 1.49. The van der Waals surface area contributed by atoms with Crippen LogP contribution in [-0.2, 0) is 11.2 Å². The Labute approximate surface area is 181 Å². The average molecular weight is 417 g/mol. The maximum Gasteiger partial charge on any atom is 0.338 e. The minimum Gasteiger partial charge on any atom is -0.459 e. The summed E-state index contributed by atoms with van der Waals surface area (Å²) in [7, 11) is -1.48. The molecule has 1 atom stereocenters. The minimum absolute atomic E-state index is 0.0570. The monoisotopic (exact) mass is 416 g/mol. The Morgan fingerprint density at radius 3 is 2.00 bits per heavy atom. The number of rotatable bonds is 10. The fraction of sp³-hybridized carbons (Fsp3) is 0.296. The number of esters is 1. The van der Waals surface area contributed by atoms with Crippen LogP contribution in [0.25, 0.3) is 0 Å². The SMILES string of the molecule is C[Si](C)(CCCC(CCc1ccccc1)OC(=O)c1ccccc1)c1ccccc1. The molecule has 0 aliphatic carbocycles. The van der Waals surface area contributed by atoms with E-state index < -0.39 is 8.07 Å². The fourth-order valence-corrected chi connectivity index (χ4v) is 6.31. The first-order valence-corrected chi connectivity index (χ1v) is 14.1. The molecule has 3 heteroatoms. The van der Waals surface area contributed by atoms with E-state index in [1.54, 1.807) is 0 Å². The molecule has 0 spiro atoms. The van der Waals surface area contributed by atoms with Gasteiger partial charge in [-0.15, -0.1) is 0 Å². The number of carbonyl (C=O) groups excluding carboxylic acids is 1. The van der Waals surface area contributed by atoms with Gasteiger partial charge in [0.1, 0.15) is 6.10 Å². The molecule has 0 heterocycles. The first-order chi connectivity index (χ1) is 14.5. The van der Waals surface area contributed by atoms with Crippen molar-refractivity contribution in [3.05, 3.63) is 102 Å². The third-order valence-electron chi connectivity index (χ3n) is 5.76. The second kappa shape index (κ2) is 10.9. The van der Waals surface area contributed by atoms with Gasteiger partial charge in [0.15, 0.2) is 0 Å². The van der Waals surface area contributed by atoms with Crippen molar-refractivity contribution in [2.75, 3.05) is 0 Å². The Kier molecular flexibility index (Phi) is 8.03. The first-order valence-electron chi connectivity index (χ1n) is 10.9. The minimum atomic E-state index is -1.48. The van der Waals surface area contributed by atoms with Crippen molar-refractivity contribution in [3.63, 3.8) is 0 Å². The van der Waals surface area contributed by atoms with Gasteiger partial charge in [-0.1, -0.05) is 110 Å². The van der Waals surface area contributed by atoms with E-state index in [9.17, 15) is 4.79 Å². The molecule has 1 unspecified atom stereocenters. The van der Waals surface area contributed by atoms with Crippen LogP contribution in [0, 0.1) is 0 Å². The second-order valence-corrected chi connectivity index (χ2v) is 13.4. The summed E-state index contributed by atoms with van der Waals surface area (Å²) < 4.78 is 5.96. The van der Waals surface area contributed by atoms with Crippen molar-refractivity contribution in [3.8, 4) is 0 Å². The molecule has 0 aliphatic rings. The Morgan fingerprint density at radius 1 is 0.800 bits per heavy atom. The normalized spacial score (nSPS) is 12.3. The molecule has 3 aromatic rings. The summed E-state index contributed by atoms with van der Waals surface area (Å²) in [6, 6.07) is 31.8. The molecule has 30 heavy (non-hydrogen) atoms. The lowest BCUT2D eigenvalue weighted by Gasteiger charge is -2.24. The van der Waals surface area contributed by atoms with Gasteiger partial charge in [0.2, 0.25) is 0 Å². The molecule has 3 aromatic carbocycles. The lowest BCUT2D eigenvalue weighted by molar-refractivity contribution is 0.0260. The van der Waals surface area contributed by atoms with Gasteiger partial charge >= 0.3 is 5.97 Å². The van der Waals surface area contributed by atoms with Crippen molar-refractivity contribution in [1.29, 1.82) is 0 Å². The molecule has 3 rings (SSSR count). The Hall–Kier alpha value is -2.65. The van der Waals surface area contributed by atoms with Gasteiger partial charge in [0, 0.05) is 0 Å². The maximum absolute atomic E-state index is 12.6. The lowest BCUT2D eigenvalue weighted by atomic mass is 10.0. The van der Waals surface area contributed by atoms with Crippen LogP contribution in [0.4, 0.5) is 0 Å². The lowest BCUT2D eigenvalue weighted by Crippen LogP contribution is -2.41. The van der Waals surface area contributed by atoms with Crippen LogP contribution >= 0.6 is 0 Å². The predicted octanol–water partition coefficient (Wildman–Crippen LogP) is 6.24. The molecule has 0 radical (unpaired) electrons. The molecule has 0 bridgehead atoms. The Morgan fingerprint density at radius 2 is 1.37 bits per heavy atom. The number of ether oxygens (including phenoxy) is 1. The molecule has 0 saturated heterocycles. The zero-order valence-electron chi connectivity index (χ0n) is 18.1. The summed E-state index contributed by atoms with van der Waals surface area (Å²) in [5.41, 5.74) is 1.92.